The van der Waals surface area contributed by atoms with Crippen LogP contribution < -0.4 is 5.32 Å². The molecule has 9 heteroatoms. The second kappa shape index (κ2) is 7.44. The molecule has 1 fully saturated rings. The van der Waals surface area contributed by atoms with Gasteiger partial charge in [0.2, 0.25) is 5.91 Å². The average molecular weight is 381 g/mol. The molecule has 1 saturated heterocycles. The second-order valence-electron chi connectivity index (χ2n) is 5.22. The molecule has 0 radical (unpaired) electrons. The molecule has 0 saturated carbocycles. The molecule has 24 heavy (non-hydrogen) atoms. The molecule has 2 rings (SSSR count). The third-order valence-corrected chi connectivity index (χ3v) is 3.86. The van der Waals surface area contributed by atoms with Crippen LogP contribution in [0.3, 0.4) is 0 Å². The number of benzene rings is 1. The van der Waals surface area contributed by atoms with Crippen LogP contribution in [0.25, 0.3) is 0 Å². The van der Waals surface area contributed by atoms with Crippen molar-refractivity contribution in [1.29, 1.82) is 0 Å². The fourth-order valence-electron chi connectivity index (χ4n) is 2.36. The van der Waals surface area contributed by atoms with Crippen LogP contribution in [0, 0.1) is 0 Å². The zero-order chi connectivity index (χ0) is 17.9. The summed E-state index contributed by atoms with van der Waals surface area (Å²) in [7, 11) is 0. The van der Waals surface area contributed by atoms with Crippen molar-refractivity contribution in [3.8, 4) is 0 Å². The molecule has 0 aliphatic carbocycles. The van der Waals surface area contributed by atoms with Crippen molar-refractivity contribution in [2.45, 2.75) is 25.1 Å². The Morgan fingerprint density at radius 2 is 1.83 bits per heavy atom. The van der Waals surface area contributed by atoms with Gasteiger partial charge in [0.1, 0.15) is 6.04 Å². The van der Waals surface area contributed by atoms with Gasteiger partial charge in [-0.3, -0.25) is 9.59 Å². The first-order valence-corrected chi connectivity index (χ1v) is 7.74. The van der Waals surface area contributed by atoms with Crippen molar-refractivity contribution in [3.63, 3.8) is 0 Å². The van der Waals surface area contributed by atoms with Gasteiger partial charge in [-0.15, -0.1) is 0 Å². The van der Waals surface area contributed by atoms with E-state index in [1.54, 1.807) is 0 Å². The van der Waals surface area contributed by atoms with Crippen LogP contribution in [0.15, 0.2) is 30.5 Å². The number of anilines is 1. The van der Waals surface area contributed by atoms with E-state index in [4.69, 9.17) is 23.2 Å². The van der Waals surface area contributed by atoms with Gasteiger partial charge in [-0.25, -0.2) is 0 Å². The van der Waals surface area contributed by atoms with Crippen molar-refractivity contribution < 1.29 is 22.8 Å². The quantitative estimate of drug-likeness (QED) is 0.801. The number of hydrogen-bond acceptors (Lipinski definition) is 3. The maximum Gasteiger partial charge on any atom is 0.454 e. The number of carbonyl (C=O) groups is 2. The van der Waals surface area contributed by atoms with E-state index in [-0.39, 0.29) is 0 Å². The van der Waals surface area contributed by atoms with E-state index in [1.165, 1.54) is 23.1 Å². The van der Waals surface area contributed by atoms with Gasteiger partial charge in [-0.05, 0) is 31.0 Å². The van der Waals surface area contributed by atoms with E-state index in [2.05, 4.69) is 5.32 Å². The fourth-order valence-corrected chi connectivity index (χ4v) is 2.88. The third kappa shape index (κ3) is 4.88. The molecule has 1 aromatic carbocycles. The van der Waals surface area contributed by atoms with Crippen LogP contribution in [-0.4, -0.2) is 35.4 Å². The molecular formula is C15H13Cl2F3N2O2. The second-order valence-corrected chi connectivity index (χ2v) is 6.09. The summed E-state index contributed by atoms with van der Waals surface area (Å²) in [5, 5.41) is 3.31. The first kappa shape index (κ1) is 18.6. The first-order chi connectivity index (χ1) is 11.2. The number of nitrogens with zero attached hydrogens (tertiary/aromatic N) is 1. The third-order valence-electron chi connectivity index (χ3n) is 3.42. The Morgan fingerprint density at radius 1 is 1.21 bits per heavy atom. The maximum absolute atomic E-state index is 12.3. The van der Waals surface area contributed by atoms with E-state index in [9.17, 15) is 22.8 Å². The van der Waals surface area contributed by atoms with Gasteiger partial charge in [0.15, 0.2) is 0 Å². The molecular weight excluding hydrogens is 368 g/mol. The molecule has 1 aliphatic rings. The van der Waals surface area contributed by atoms with Crippen LogP contribution in [-0.2, 0) is 9.59 Å². The number of ketones is 1. The van der Waals surface area contributed by atoms with Crippen molar-refractivity contribution in [1.82, 2.24) is 4.90 Å². The van der Waals surface area contributed by atoms with Crippen LogP contribution >= 0.6 is 23.2 Å². The van der Waals surface area contributed by atoms with E-state index in [0.717, 1.165) is 6.20 Å². The molecule has 130 valence electrons. The molecule has 0 spiro atoms. The Labute approximate surface area is 146 Å². The minimum absolute atomic E-state index is 0.344. The van der Waals surface area contributed by atoms with Gasteiger partial charge < -0.3 is 10.2 Å². The van der Waals surface area contributed by atoms with Gasteiger partial charge in [-0.2, -0.15) is 13.2 Å². The molecule has 0 aromatic heterocycles. The Kier molecular flexibility index (Phi) is 5.77. The lowest BCUT2D eigenvalue weighted by Crippen LogP contribution is -2.36. The topological polar surface area (TPSA) is 49.4 Å². The lowest BCUT2D eigenvalue weighted by molar-refractivity contribution is -0.165. The highest BCUT2D eigenvalue weighted by molar-refractivity contribution is 6.35. The molecule has 1 aliphatic heterocycles. The summed E-state index contributed by atoms with van der Waals surface area (Å²) in [6.45, 7) is 0.385. The van der Waals surface area contributed by atoms with Crippen molar-refractivity contribution >= 4 is 40.6 Å². The number of alkyl halides is 3. The smallest absolute Gasteiger partial charge is 0.365 e. The van der Waals surface area contributed by atoms with Crippen LogP contribution in [0.4, 0.5) is 18.9 Å². The van der Waals surface area contributed by atoms with E-state index < -0.39 is 23.9 Å². The van der Waals surface area contributed by atoms with E-state index in [0.29, 0.717) is 41.2 Å². The minimum atomic E-state index is -4.93. The van der Waals surface area contributed by atoms with Gasteiger partial charge in [0.05, 0.1) is 0 Å². The SMILES string of the molecule is O=C(Nc1cc(Cl)cc(Cl)c1)C1CCCN1/C=C/C(=O)C(F)(F)F. The highest BCUT2D eigenvalue weighted by atomic mass is 35.5. The summed E-state index contributed by atoms with van der Waals surface area (Å²) in [4.78, 5) is 24.6. The Bertz CT molecular complexity index is 657. The number of amides is 1. The molecule has 1 amide bonds. The fraction of sp³-hybridized carbons (Fsp3) is 0.333. The van der Waals surface area contributed by atoms with Gasteiger partial charge in [0, 0.05) is 34.6 Å². The zero-order valence-electron chi connectivity index (χ0n) is 12.2. The van der Waals surface area contributed by atoms with Crippen molar-refractivity contribution in [3.05, 3.63) is 40.5 Å². The van der Waals surface area contributed by atoms with Crippen molar-refractivity contribution in [2.24, 2.45) is 0 Å². The minimum Gasteiger partial charge on any atom is -0.365 e. The highest BCUT2D eigenvalue weighted by Crippen LogP contribution is 2.25. The monoisotopic (exact) mass is 380 g/mol. The lowest BCUT2D eigenvalue weighted by atomic mass is 10.2. The summed E-state index contributed by atoms with van der Waals surface area (Å²) < 4.78 is 36.7. The van der Waals surface area contributed by atoms with E-state index in [1.807, 2.05) is 0 Å². The van der Waals surface area contributed by atoms with E-state index >= 15 is 0 Å². The molecule has 1 unspecified atom stereocenters. The van der Waals surface area contributed by atoms with Crippen LogP contribution in [0.1, 0.15) is 12.8 Å². The number of likely N-dealkylation sites (tertiary alicyclic amines) is 1. The predicted octanol–water partition coefficient (Wildman–Crippen LogP) is 4.04. The summed E-state index contributed by atoms with van der Waals surface area (Å²) in [6.07, 6.45) is -2.39. The van der Waals surface area contributed by atoms with Crippen LogP contribution in [0.2, 0.25) is 10.0 Å². The van der Waals surface area contributed by atoms with Crippen LogP contribution in [0.5, 0.6) is 0 Å². The Morgan fingerprint density at radius 3 is 2.42 bits per heavy atom. The standard InChI is InChI=1S/C15H13Cl2F3N2O2/c16-9-6-10(17)8-11(7-9)21-14(24)12-2-1-4-22(12)5-3-13(23)15(18,19)20/h3,5-8,12H,1-2,4H2,(H,21,24)/b5-3+. The first-order valence-electron chi connectivity index (χ1n) is 6.99. The van der Waals surface area contributed by atoms with Crippen molar-refractivity contribution in [2.75, 3.05) is 11.9 Å². The molecule has 1 atom stereocenters. The zero-order valence-corrected chi connectivity index (χ0v) is 13.8. The number of hydrogen-bond donors (Lipinski definition) is 1. The summed E-state index contributed by atoms with van der Waals surface area (Å²) >= 11 is 11.7. The summed E-state index contributed by atoms with van der Waals surface area (Å²) in [6, 6.07) is 3.85. The van der Waals surface area contributed by atoms with Gasteiger partial charge >= 0.3 is 6.18 Å². The number of nitrogens with one attached hydrogen (secondary N) is 1. The molecule has 1 N–H and O–H groups in total. The predicted molar refractivity (Wildman–Crippen MR) is 85.0 cm³/mol. The Balaban J connectivity index is 2.05. The largest absolute Gasteiger partial charge is 0.454 e. The number of rotatable bonds is 4. The molecule has 0 bridgehead atoms. The maximum atomic E-state index is 12.3. The molecule has 1 heterocycles. The normalized spacial score (nSPS) is 18.2. The van der Waals surface area contributed by atoms with Gasteiger partial charge in [0.25, 0.3) is 5.78 Å². The Hall–Kier alpha value is -1.73. The average Bonchev–Trinajstić information content (AvgIpc) is 2.90. The number of carbonyl (C=O) groups excluding carboxylic acids is 2. The summed E-state index contributed by atoms with van der Waals surface area (Å²) in [5.74, 6) is -2.37. The number of halogens is 5. The number of allylic oxidation sites excluding steroid dienone is 1. The molecule has 4 nitrogen and oxygen atoms in total. The molecule has 1 aromatic rings. The highest BCUT2D eigenvalue weighted by Gasteiger charge is 2.37. The summed E-state index contributed by atoms with van der Waals surface area (Å²) in [5.41, 5.74) is 0.389. The lowest BCUT2D eigenvalue weighted by Gasteiger charge is -2.22. The van der Waals surface area contributed by atoms with Gasteiger partial charge in [-0.1, -0.05) is 23.2 Å².